The number of benzene rings is 3. The van der Waals surface area contributed by atoms with Gasteiger partial charge >= 0.3 is 6.11 Å². The van der Waals surface area contributed by atoms with Crippen molar-refractivity contribution >= 4 is 0 Å². The number of ether oxygens (including phenoxy) is 6. The first-order valence-electron chi connectivity index (χ1n) is 28.1. The Labute approximate surface area is 423 Å². The summed E-state index contributed by atoms with van der Waals surface area (Å²) in [5, 5.41) is 0. The zero-order valence-corrected chi connectivity index (χ0v) is 42.5. The van der Waals surface area contributed by atoms with E-state index in [4.69, 9.17) is 23.7 Å². The minimum absolute atomic E-state index is 0.0958. The van der Waals surface area contributed by atoms with Crippen LogP contribution in [0.2, 0.25) is 0 Å². The molecule has 0 aromatic heterocycles. The lowest BCUT2D eigenvalue weighted by Crippen LogP contribution is -2.25. The van der Waals surface area contributed by atoms with Gasteiger partial charge in [-0.1, -0.05) is 161 Å². The fourth-order valence-corrected chi connectivity index (χ4v) is 12.4. The topological polar surface area (TPSA) is 55.4 Å². The molecule has 0 unspecified atom stereocenters. The maximum atomic E-state index is 16.7. The summed E-state index contributed by atoms with van der Waals surface area (Å²) in [5.74, 6) is -6.77. The van der Waals surface area contributed by atoms with Gasteiger partial charge in [-0.05, 0) is 79.4 Å². The van der Waals surface area contributed by atoms with E-state index in [-0.39, 0.29) is 59.5 Å². The van der Waals surface area contributed by atoms with E-state index in [0.29, 0.717) is 68.0 Å². The molecular formula is C59H79F7O6. The van der Waals surface area contributed by atoms with E-state index in [2.05, 4.69) is 4.74 Å². The number of alkyl halides is 2. The smallest absolute Gasteiger partial charge is 0.432 e. The molecule has 0 amide bonds. The first kappa shape index (κ1) is 54.2. The highest BCUT2D eigenvalue weighted by atomic mass is 19.3. The van der Waals surface area contributed by atoms with Crippen LogP contribution in [0.5, 0.6) is 34.5 Å². The van der Waals surface area contributed by atoms with Crippen LogP contribution in [0.3, 0.4) is 0 Å². The van der Waals surface area contributed by atoms with Crippen molar-refractivity contribution in [2.75, 3.05) is 33.0 Å². The zero-order chi connectivity index (χ0) is 50.3. The minimum atomic E-state index is -4.79. The zero-order valence-electron chi connectivity index (χ0n) is 42.5. The van der Waals surface area contributed by atoms with E-state index in [1.165, 1.54) is 44.9 Å². The van der Waals surface area contributed by atoms with Gasteiger partial charge in [0.05, 0.1) is 38.6 Å². The third kappa shape index (κ3) is 14.8. The van der Waals surface area contributed by atoms with Gasteiger partial charge in [-0.25, -0.2) is 22.0 Å². The van der Waals surface area contributed by atoms with E-state index in [1.807, 2.05) is 0 Å². The summed E-state index contributed by atoms with van der Waals surface area (Å²) in [6.45, 7) is 1.45. The highest BCUT2D eigenvalue weighted by Gasteiger charge is 2.43. The standard InChI is InChI=1S/C59H79F7O6/c60-47-36-45(37-48(61)52(47)59(65,66)72-46-38-49(62)53(64)50(63)39-46)51-54(67-31-26-40-16-6-1-7-17-40)56(69-33-28-42-20-10-3-11-21-42)58(71-35-30-44-24-14-5-15-25-44)57(70-34-29-43-22-12-4-13-23-43)55(51)68-32-27-41-18-8-2-9-19-41/h36-44H,1-35H2. The average Bonchev–Trinajstić information content (AvgIpc) is 3.38. The first-order chi connectivity index (χ1) is 35.0. The van der Waals surface area contributed by atoms with Gasteiger partial charge < -0.3 is 28.4 Å². The monoisotopic (exact) mass is 1020 g/mol. The van der Waals surface area contributed by atoms with Crippen molar-refractivity contribution in [1.29, 1.82) is 0 Å². The van der Waals surface area contributed by atoms with Gasteiger partial charge in [-0.2, -0.15) is 8.78 Å². The summed E-state index contributed by atoms with van der Waals surface area (Å²) in [7, 11) is 0. The molecule has 0 bridgehead atoms. The van der Waals surface area contributed by atoms with Crippen molar-refractivity contribution in [1.82, 2.24) is 0 Å². The van der Waals surface area contributed by atoms with Gasteiger partial charge in [0.25, 0.3) is 0 Å². The fraction of sp³-hybridized carbons (Fsp3) is 0.695. The first-order valence-corrected chi connectivity index (χ1v) is 28.1. The van der Waals surface area contributed by atoms with E-state index in [9.17, 15) is 13.2 Å². The lowest BCUT2D eigenvalue weighted by molar-refractivity contribution is -0.189. The minimum Gasteiger partial charge on any atom is -0.489 e. The molecule has 0 aliphatic heterocycles. The summed E-state index contributed by atoms with van der Waals surface area (Å²) in [4.78, 5) is 0. The van der Waals surface area contributed by atoms with Crippen molar-refractivity contribution in [3.05, 3.63) is 58.9 Å². The van der Waals surface area contributed by atoms with Gasteiger partial charge in [-0.15, -0.1) is 0 Å². The molecule has 72 heavy (non-hydrogen) atoms. The Kier molecular flexibility index (Phi) is 20.3. The molecule has 0 spiro atoms. The van der Waals surface area contributed by atoms with E-state index >= 15 is 17.6 Å². The Morgan fingerprint density at radius 3 is 0.944 bits per heavy atom. The van der Waals surface area contributed by atoms with Crippen LogP contribution in [0.15, 0.2) is 24.3 Å². The van der Waals surface area contributed by atoms with Crippen LogP contribution in [-0.2, 0) is 6.11 Å². The quantitative estimate of drug-likeness (QED) is 0.0658. The third-order valence-electron chi connectivity index (χ3n) is 16.6. The van der Waals surface area contributed by atoms with E-state index in [1.54, 1.807) is 0 Å². The van der Waals surface area contributed by atoms with Crippen LogP contribution in [0.1, 0.15) is 198 Å². The van der Waals surface area contributed by atoms with Crippen molar-refractivity contribution in [3.63, 3.8) is 0 Å². The lowest BCUT2D eigenvalue weighted by atomic mass is 9.87. The molecule has 0 atom stereocenters. The Morgan fingerprint density at radius 1 is 0.361 bits per heavy atom. The molecule has 400 valence electrons. The number of halogens is 7. The van der Waals surface area contributed by atoms with Gasteiger partial charge in [0, 0.05) is 12.1 Å². The maximum Gasteiger partial charge on any atom is 0.432 e. The summed E-state index contributed by atoms with van der Waals surface area (Å²) in [6, 6.07) is 1.93. The molecule has 5 aliphatic rings. The van der Waals surface area contributed by atoms with Crippen molar-refractivity contribution in [2.45, 2.75) is 199 Å². The fourth-order valence-electron chi connectivity index (χ4n) is 12.4. The Bertz CT molecular complexity index is 2040. The maximum absolute atomic E-state index is 16.7. The van der Waals surface area contributed by atoms with Crippen LogP contribution >= 0.6 is 0 Å². The average molecular weight is 1020 g/mol. The van der Waals surface area contributed by atoms with Gasteiger partial charge in [-0.3, -0.25) is 0 Å². The van der Waals surface area contributed by atoms with Gasteiger partial charge in [0.1, 0.15) is 22.9 Å². The predicted octanol–water partition coefficient (Wildman–Crippen LogP) is 17.9. The van der Waals surface area contributed by atoms with Crippen LogP contribution in [0, 0.1) is 58.7 Å². The molecule has 5 fully saturated rings. The molecular weight excluding hydrogens is 938 g/mol. The van der Waals surface area contributed by atoms with E-state index in [0.717, 1.165) is 147 Å². The predicted molar refractivity (Wildman–Crippen MR) is 266 cm³/mol. The molecule has 8 rings (SSSR count). The van der Waals surface area contributed by atoms with Gasteiger partial charge in [0.2, 0.25) is 17.2 Å². The third-order valence-corrected chi connectivity index (χ3v) is 16.6. The molecule has 5 aliphatic carbocycles. The van der Waals surface area contributed by atoms with Crippen molar-refractivity contribution in [3.8, 4) is 45.6 Å². The molecule has 0 radical (unpaired) electrons. The number of hydrogen-bond donors (Lipinski definition) is 0. The van der Waals surface area contributed by atoms with Crippen LogP contribution in [0.25, 0.3) is 11.1 Å². The molecule has 0 heterocycles. The summed E-state index contributed by atoms with van der Waals surface area (Å²) in [6.07, 6.45) is 27.3. The van der Waals surface area contributed by atoms with E-state index < -0.39 is 46.5 Å². The van der Waals surface area contributed by atoms with Crippen molar-refractivity contribution < 1.29 is 59.2 Å². The Hall–Kier alpha value is -4.03. The SMILES string of the molecule is Fc1cc(OC(F)(F)c2c(F)cc(-c3c(OCCC4CCCCC4)c(OCCC4CCCCC4)c(OCCC4CCCCC4)c(OCCC4CCCCC4)c3OCCC3CCCCC3)cc2F)cc(F)c1F. The summed E-state index contributed by atoms with van der Waals surface area (Å²) < 4.78 is 147. The lowest BCUT2D eigenvalue weighted by Gasteiger charge is -2.29. The van der Waals surface area contributed by atoms with Crippen molar-refractivity contribution in [2.24, 2.45) is 29.6 Å². The summed E-state index contributed by atoms with van der Waals surface area (Å²) >= 11 is 0. The second-order valence-corrected chi connectivity index (χ2v) is 21.9. The second kappa shape index (κ2) is 27.0. The highest BCUT2D eigenvalue weighted by Crippen LogP contribution is 2.59. The second-order valence-electron chi connectivity index (χ2n) is 21.9. The molecule has 0 N–H and O–H groups in total. The largest absolute Gasteiger partial charge is 0.489 e. The summed E-state index contributed by atoms with van der Waals surface area (Å²) in [5.41, 5.74) is -1.88. The molecule has 0 saturated heterocycles. The molecule has 3 aromatic rings. The van der Waals surface area contributed by atoms with Crippen LogP contribution in [-0.4, -0.2) is 33.0 Å². The number of rotatable bonds is 24. The van der Waals surface area contributed by atoms with Crippen LogP contribution in [0.4, 0.5) is 30.7 Å². The molecule has 3 aromatic carbocycles. The Morgan fingerprint density at radius 2 is 0.639 bits per heavy atom. The number of hydrogen-bond acceptors (Lipinski definition) is 6. The highest BCUT2D eigenvalue weighted by molar-refractivity contribution is 5.87. The normalized spacial score (nSPS) is 19.3. The Balaban J connectivity index is 1.27. The van der Waals surface area contributed by atoms with Gasteiger partial charge in [0.15, 0.2) is 29.0 Å². The molecule has 5 saturated carbocycles. The molecule has 6 nitrogen and oxygen atoms in total. The van der Waals surface area contributed by atoms with Crippen LogP contribution < -0.4 is 28.4 Å². The molecule has 13 heteroatoms.